The largest absolute Gasteiger partial charge is 0.416 e. The van der Waals surface area contributed by atoms with E-state index < -0.39 is 29.8 Å². The molecule has 1 aliphatic carbocycles. The SMILES string of the molecule is CC(C)NC(=O)N1C(=O)N(c2cccc(C(F)(F)F)c2)C2=C(C(=O)CCC2)C1c1ccc(C#N)cc1. The van der Waals surface area contributed by atoms with Crippen molar-refractivity contribution in [3.05, 3.63) is 76.5 Å². The van der Waals surface area contributed by atoms with Crippen molar-refractivity contribution < 1.29 is 27.6 Å². The number of hydrogen-bond donors (Lipinski definition) is 1. The van der Waals surface area contributed by atoms with Crippen molar-refractivity contribution in [2.45, 2.75) is 51.4 Å². The van der Waals surface area contributed by atoms with E-state index >= 15 is 0 Å². The monoisotopic (exact) mass is 496 g/mol. The normalized spacial score (nSPS) is 18.3. The molecule has 2 aromatic carbocycles. The van der Waals surface area contributed by atoms with Crippen LogP contribution in [0, 0.1) is 11.3 Å². The number of hydrogen-bond acceptors (Lipinski definition) is 4. The zero-order valence-corrected chi connectivity index (χ0v) is 19.6. The standard InChI is InChI=1S/C26H23F3N4O3/c1-15(2)31-24(35)33-23(17-11-9-16(14-30)10-12-17)22-20(7-4-8-21(22)34)32(25(33)36)19-6-3-5-18(13-19)26(27,28)29/h3,5-6,9-13,15,23H,4,7-8H2,1-2H3,(H,31,35). The number of alkyl halides is 3. The van der Waals surface area contributed by atoms with Crippen molar-refractivity contribution in [1.29, 1.82) is 5.26 Å². The average Bonchev–Trinajstić information content (AvgIpc) is 2.82. The van der Waals surface area contributed by atoms with Gasteiger partial charge >= 0.3 is 18.2 Å². The van der Waals surface area contributed by atoms with Gasteiger partial charge in [-0.15, -0.1) is 0 Å². The van der Waals surface area contributed by atoms with Crippen LogP contribution in [0.2, 0.25) is 0 Å². The quantitative estimate of drug-likeness (QED) is 0.591. The number of nitrogens with one attached hydrogen (secondary N) is 1. The lowest BCUT2D eigenvalue weighted by atomic mass is 9.83. The minimum Gasteiger partial charge on any atom is -0.335 e. The lowest BCUT2D eigenvalue weighted by Gasteiger charge is -2.44. The molecule has 10 heteroatoms. The molecule has 2 aliphatic rings. The molecule has 1 heterocycles. The van der Waals surface area contributed by atoms with E-state index in [0.29, 0.717) is 17.5 Å². The van der Waals surface area contributed by atoms with Crippen molar-refractivity contribution in [3.8, 4) is 6.07 Å². The molecule has 7 nitrogen and oxygen atoms in total. The smallest absolute Gasteiger partial charge is 0.335 e. The van der Waals surface area contributed by atoms with Crippen molar-refractivity contribution in [2.24, 2.45) is 0 Å². The number of halogens is 3. The number of rotatable bonds is 3. The highest BCUT2D eigenvalue weighted by Crippen LogP contribution is 2.44. The van der Waals surface area contributed by atoms with Gasteiger partial charge in [-0.1, -0.05) is 18.2 Å². The van der Waals surface area contributed by atoms with E-state index in [-0.39, 0.29) is 41.6 Å². The number of nitriles is 1. The summed E-state index contributed by atoms with van der Waals surface area (Å²) < 4.78 is 40.4. The maximum atomic E-state index is 13.9. The van der Waals surface area contributed by atoms with Gasteiger partial charge < -0.3 is 5.32 Å². The number of amides is 4. The predicted molar refractivity (Wildman–Crippen MR) is 125 cm³/mol. The van der Waals surface area contributed by atoms with E-state index in [2.05, 4.69) is 5.32 Å². The molecule has 0 fully saturated rings. The fraction of sp³-hybridized carbons (Fsp3) is 0.308. The number of ketones is 1. The molecule has 1 aliphatic heterocycles. The third-order valence-corrected chi connectivity index (χ3v) is 6.05. The van der Waals surface area contributed by atoms with E-state index in [1.807, 2.05) is 6.07 Å². The van der Waals surface area contributed by atoms with Crippen molar-refractivity contribution >= 4 is 23.5 Å². The molecule has 0 saturated heterocycles. The Balaban J connectivity index is 1.96. The number of carbonyl (C=O) groups is 3. The Bertz CT molecular complexity index is 1290. The minimum absolute atomic E-state index is 0.0855. The van der Waals surface area contributed by atoms with Crippen LogP contribution in [0.5, 0.6) is 0 Å². The summed E-state index contributed by atoms with van der Waals surface area (Å²) in [6, 6.07) is 9.33. The van der Waals surface area contributed by atoms with E-state index in [0.717, 1.165) is 21.9 Å². The van der Waals surface area contributed by atoms with Gasteiger partial charge in [-0.05, 0) is 62.6 Å². The topological polar surface area (TPSA) is 93.5 Å². The molecule has 2 aromatic rings. The Morgan fingerprint density at radius 1 is 1.11 bits per heavy atom. The van der Waals surface area contributed by atoms with Crippen LogP contribution in [-0.2, 0) is 11.0 Å². The van der Waals surface area contributed by atoms with Gasteiger partial charge in [0.1, 0.15) is 0 Å². The maximum Gasteiger partial charge on any atom is 0.416 e. The number of urea groups is 2. The highest BCUT2D eigenvalue weighted by molar-refractivity contribution is 6.11. The number of imide groups is 1. The lowest BCUT2D eigenvalue weighted by molar-refractivity contribution is -0.137. The molecule has 4 amide bonds. The highest BCUT2D eigenvalue weighted by Gasteiger charge is 2.47. The molecule has 36 heavy (non-hydrogen) atoms. The number of allylic oxidation sites excluding steroid dienone is 1. The molecular weight excluding hydrogens is 473 g/mol. The summed E-state index contributed by atoms with van der Waals surface area (Å²) in [7, 11) is 0. The number of nitrogens with zero attached hydrogens (tertiary/aromatic N) is 3. The van der Waals surface area contributed by atoms with Gasteiger partial charge in [-0.25, -0.2) is 14.5 Å². The van der Waals surface area contributed by atoms with Gasteiger partial charge in [0.25, 0.3) is 0 Å². The van der Waals surface area contributed by atoms with Gasteiger partial charge in [-0.2, -0.15) is 18.4 Å². The molecule has 0 radical (unpaired) electrons. The zero-order chi connectivity index (χ0) is 26.2. The summed E-state index contributed by atoms with van der Waals surface area (Å²) >= 11 is 0. The fourth-order valence-electron chi connectivity index (χ4n) is 4.52. The lowest BCUT2D eigenvalue weighted by Crippen LogP contribution is -2.57. The molecule has 0 spiro atoms. The maximum absolute atomic E-state index is 13.9. The number of carbonyl (C=O) groups excluding carboxylic acids is 3. The Hall–Kier alpha value is -4.13. The van der Waals surface area contributed by atoms with Gasteiger partial charge in [0.15, 0.2) is 5.78 Å². The van der Waals surface area contributed by atoms with Crippen LogP contribution in [0.4, 0.5) is 28.4 Å². The van der Waals surface area contributed by atoms with E-state index in [9.17, 15) is 27.6 Å². The first-order valence-corrected chi connectivity index (χ1v) is 11.4. The summed E-state index contributed by atoms with van der Waals surface area (Å²) in [4.78, 5) is 42.4. The van der Waals surface area contributed by atoms with E-state index in [4.69, 9.17) is 5.26 Å². The van der Waals surface area contributed by atoms with Crippen LogP contribution in [0.1, 0.15) is 55.8 Å². The average molecular weight is 496 g/mol. The summed E-state index contributed by atoms with van der Waals surface area (Å²) in [6.07, 6.45) is -3.78. The Labute approximate surface area is 205 Å². The fourth-order valence-corrected chi connectivity index (χ4v) is 4.52. The number of benzene rings is 2. The van der Waals surface area contributed by atoms with Crippen molar-refractivity contribution in [1.82, 2.24) is 10.2 Å². The van der Waals surface area contributed by atoms with E-state index in [1.54, 1.807) is 26.0 Å². The number of Topliss-reactive ketones (excluding diaryl/α,β-unsaturated/α-hetero) is 1. The van der Waals surface area contributed by atoms with Crippen molar-refractivity contribution in [3.63, 3.8) is 0 Å². The van der Waals surface area contributed by atoms with Gasteiger partial charge in [0.2, 0.25) is 0 Å². The van der Waals surface area contributed by atoms with Crippen LogP contribution in [0.15, 0.2) is 59.8 Å². The first-order chi connectivity index (χ1) is 17.0. The van der Waals surface area contributed by atoms with Gasteiger partial charge in [0.05, 0.1) is 28.9 Å². The first-order valence-electron chi connectivity index (χ1n) is 11.4. The molecule has 1 N–H and O–H groups in total. The molecule has 1 unspecified atom stereocenters. The summed E-state index contributed by atoms with van der Waals surface area (Å²) in [5.41, 5.74) is 0.212. The Morgan fingerprint density at radius 3 is 2.42 bits per heavy atom. The predicted octanol–water partition coefficient (Wildman–Crippen LogP) is 5.69. The van der Waals surface area contributed by atoms with Crippen LogP contribution in [0.3, 0.4) is 0 Å². The zero-order valence-electron chi connectivity index (χ0n) is 19.6. The molecule has 0 aromatic heterocycles. The Kier molecular flexibility index (Phi) is 6.59. The van der Waals surface area contributed by atoms with Gasteiger partial charge in [0, 0.05) is 23.7 Å². The van der Waals surface area contributed by atoms with Crippen LogP contribution < -0.4 is 10.2 Å². The molecule has 0 saturated carbocycles. The minimum atomic E-state index is -4.64. The van der Waals surface area contributed by atoms with E-state index in [1.165, 1.54) is 24.3 Å². The third kappa shape index (κ3) is 4.56. The summed E-state index contributed by atoms with van der Waals surface area (Å²) in [5, 5.41) is 11.8. The second-order valence-electron chi connectivity index (χ2n) is 8.91. The second-order valence-corrected chi connectivity index (χ2v) is 8.91. The molecule has 1 atom stereocenters. The second kappa shape index (κ2) is 9.49. The van der Waals surface area contributed by atoms with Crippen LogP contribution >= 0.6 is 0 Å². The summed E-state index contributed by atoms with van der Waals surface area (Å²) in [6.45, 7) is 3.40. The molecule has 0 bridgehead atoms. The van der Waals surface area contributed by atoms with Crippen molar-refractivity contribution in [2.75, 3.05) is 4.90 Å². The highest BCUT2D eigenvalue weighted by atomic mass is 19.4. The molecule has 186 valence electrons. The van der Waals surface area contributed by atoms with Gasteiger partial charge in [-0.3, -0.25) is 9.69 Å². The van der Waals surface area contributed by atoms with Crippen LogP contribution in [0.25, 0.3) is 0 Å². The summed E-state index contributed by atoms with van der Waals surface area (Å²) in [5.74, 6) is -0.294. The molecule has 4 rings (SSSR count). The first kappa shape index (κ1) is 25.0. The third-order valence-electron chi connectivity index (χ3n) is 6.05. The van der Waals surface area contributed by atoms with Crippen LogP contribution in [-0.4, -0.2) is 28.8 Å². The molecular formula is C26H23F3N4O3. The Morgan fingerprint density at radius 2 is 1.81 bits per heavy atom. The number of anilines is 1.